The molecule has 1 N–H and O–H groups in total. The van der Waals surface area contributed by atoms with Crippen LogP contribution >= 0.6 is 11.3 Å². The van der Waals surface area contributed by atoms with Gasteiger partial charge in [-0.3, -0.25) is 9.20 Å². The third-order valence-electron chi connectivity index (χ3n) is 4.77. The van der Waals surface area contributed by atoms with Gasteiger partial charge in [0.25, 0.3) is 0 Å². The molecule has 0 spiro atoms. The van der Waals surface area contributed by atoms with E-state index in [0.717, 1.165) is 28.3 Å². The maximum Gasteiger partial charge on any atom is 0.312 e. The molecule has 2 aromatic heterocycles. The number of thiazole rings is 1. The normalized spacial score (nSPS) is 17.4. The number of hydrogen-bond donors (Lipinski definition) is 1. The van der Waals surface area contributed by atoms with Crippen LogP contribution in [0.25, 0.3) is 16.2 Å². The Kier molecular flexibility index (Phi) is 3.32. The quantitative estimate of drug-likeness (QED) is 0.748. The van der Waals surface area contributed by atoms with E-state index in [0.29, 0.717) is 6.42 Å². The third kappa shape index (κ3) is 2.35. The number of aryl methyl sites for hydroxylation is 1. The van der Waals surface area contributed by atoms with Crippen LogP contribution in [0.15, 0.2) is 30.5 Å². The lowest BCUT2D eigenvalue weighted by Gasteiger charge is -2.18. The van der Waals surface area contributed by atoms with E-state index in [1.807, 2.05) is 10.6 Å². The highest BCUT2D eigenvalue weighted by atomic mass is 32.1. The van der Waals surface area contributed by atoms with Crippen molar-refractivity contribution in [1.82, 2.24) is 9.38 Å². The summed E-state index contributed by atoms with van der Waals surface area (Å²) in [6.07, 6.45) is 3.52. The second kappa shape index (κ2) is 5.18. The highest BCUT2D eigenvalue weighted by Gasteiger charge is 2.33. The number of rotatable bonds is 2. The van der Waals surface area contributed by atoms with Crippen LogP contribution in [-0.2, 0) is 16.6 Å². The second-order valence-corrected chi connectivity index (χ2v) is 8.51. The van der Waals surface area contributed by atoms with Crippen LogP contribution in [0.1, 0.15) is 49.2 Å². The molecule has 24 heavy (non-hydrogen) atoms. The van der Waals surface area contributed by atoms with Gasteiger partial charge in [0.2, 0.25) is 0 Å². The maximum atomic E-state index is 11.5. The van der Waals surface area contributed by atoms with Gasteiger partial charge in [0, 0.05) is 16.6 Å². The van der Waals surface area contributed by atoms with Crippen molar-refractivity contribution in [2.24, 2.45) is 0 Å². The van der Waals surface area contributed by atoms with E-state index in [1.54, 1.807) is 11.3 Å². The molecule has 0 fully saturated rings. The molecular weight excluding hydrogens is 320 g/mol. The van der Waals surface area contributed by atoms with Crippen LogP contribution in [0.3, 0.4) is 0 Å². The molecule has 0 aliphatic heterocycles. The zero-order chi connectivity index (χ0) is 17.1. The molecule has 2 heterocycles. The van der Waals surface area contributed by atoms with Crippen LogP contribution in [0, 0.1) is 0 Å². The molecule has 1 aliphatic rings. The first-order chi connectivity index (χ1) is 11.3. The van der Waals surface area contributed by atoms with Gasteiger partial charge in [0.1, 0.15) is 0 Å². The van der Waals surface area contributed by atoms with Crippen LogP contribution in [-0.4, -0.2) is 20.5 Å². The predicted octanol–water partition coefficient (Wildman–Crippen LogP) is 4.47. The van der Waals surface area contributed by atoms with E-state index in [1.165, 1.54) is 10.4 Å². The van der Waals surface area contributed by atoms with Gasteiger partial charge in [-0.25, -0.2) is 4.98 Å². The van der Waals surface area contributed by atoms with Crippen molar-refractivity contribution in [3.63, 3.8) is 0 Å². The molecule has 0 bridgehead atoms. The molecule has 0 saturated heterocycles. The monoisotopic (exact) mass is 340 g/mol. The number of benzene rings is 1. The first kappa shape index (κ1) is 15.4. The molecule has 1 aromatic carbocycles. The molecule has 4 nitrogen and oxygen atoms in total. The number of imidazole rings is 1. The van der Waals surface area contributed by atoms with Gasteiger partial charge in [-0.05, 0) is 23.8 Å². The highest BCUT2D eigenvalue weighted by molar-refractivity contribution is 7.17. The lowest BCUT2D eigenvalue weighted by molar-refractivity contribution is -0.138. The summed E-state index contributed by atoms with van der Waals surface area (Å²) < 4.78 is 1.98. The highest BCUT2D eigenvalue weighted by Crippen LogP contribution is 2.40. The number of nitrogens with zero attached hydrogens (tertiary/aromatic N) is 2. The summed E-state index contributed by atoms with van der Waals surface area (Å²) in [5.41, 5.74) is 4.31. The lowest BCUT2D eigenvalue weighted by Crippen LogP contribution is -2.10. The summed E-state index contributed by atoms with van der Waals surface area (Å²) in [4.78, 5) is 18.3. The van der Waals surface area contributed by atoms with Crippen molar-refractivity contribution in [1.29, 1.82) is 0 Å². The molecule has 124 valence electrons. The summed E-state index contributed by atoms with van der Waals surface area (Å²) in [5, 5.41) is 9.44. The van der Waals surface area contributed by atoms with Crippen molar-refractivity contribution in [3.8, 4) is 11.3 Å². The first-order valence-corrected chi connectivity index (χ1v) is 9.00. The van der Waals surface area contributed by atoms with Crippen LogP contribution in [0.2, 0.25) is 0 Å². The van der Waals surface area contributed by atoms with E-state index in [4.69, 9.17) is 4.98 Å². The van der Waals surface area contributed by atoms with E-state index in [-0.39, 0.29) is 5.41 Å². The Morgan fingerprint density at radius 3 is 2.62 bits per heavy atom. The summed E-state index contributed by atoms with van der Waals surface area (Å²) >= 11 is 1.62. The van der Waals surface area contributed by atoms with E-state index in [9.17, 15) is 9.90 Å². The average molecular weight is 340 g/mol. The lowest BCUT2D eigenvalue weighted by atomic mass is 9.86. The summed E-state index contributed by atoms with van der Waals surface area (Å²) in [6, 6.07) is 8.49. The van der Waals surface area contributed by atoms with Crippen LogP contribution in [0.5, 0.6) is 0 Å². The Hall–Kier alpha value is -2.14. The molecular formula is C19H20N2O2S. The molecule has 4 rings (SSSR count). The van der Waals surface area contributed by atoms with Gasteiger partial charge >= 0.3 is 5.97 Å². The predicted molar refractivity (Wildman–Crippen MR) is 95.9 cm³/mol. The van der Waals surface area contributed by atoms with Crippen molar-refractivity contribution in [3.05, 3.63) is 46.6 Å². The smallest absolute Gasteiger partial charge is 0.312 e. The molecule has 0 radical (unpaired) electrons. The minimum Gasteiger partial charge on any atom is -0.481 e. The van der Waals surface area contributed by atoms with Crippen LogP contribution in [0.4, 0.5) is 0 Å². The Labute approximate surface area is 144 Å². The number of carbonyl (C=O) groups is 1. The summed E-state index contributed by atoms with van der Waals surface area (Å²) in [7, 11) is 0. The van der Waals surface area contributed by atoms with Gasteiger partial charge in [-0.15, -0.1) is 11.3 Å². The van der Waals surface area contributed by atoms with Gasteiger partial charge in [-0.2, -0.15) is 0 Å². The molecule has 0 saturated carbocycles. The molecule has 3 aromatic rings. The minimum atomic E-state index is -0.738. The zero-order valence-electron chi connectivity index (χ0n) is 14.0. The summed E-state index contributed by atoms with van der Waals surface area (Å²) in [5.74, 6) is -1.14. The van der Waals surface area contributed by atoms with E-state index >= 15 is 0 Å². The SMILES string of the molecule is CC(C)(C)c1ccc(-c2cn3c4c(sc3n2)CCC4C(=O)O)cc1. The first-order valence-electron chi connectivity index (χ1n) is 8.19. The fourth-order valence-corrected chi connectivity index (χ4v) is 4.56. The number of aromatic nitrogens is 2. The zero-order valence-corrected chi connectivity index (χ0v) is 14.9. The number of aliphatic carboxylic acids is 1. The van der Waals surface area contributed by atoms with Crippen molar-refractivity contribution < 1.29 is 9.90 Å². The average Bonchev–Trinajstić information content (AvgIpc) is 3.16. The Balaban J connectivity index is 1.75. The number of fused-ring (bicyclic) bond motifs is 3. The Morgan fingerprint density at radius 2 is 2.00 bits per heavy atom. The maximum absolute atomic E-state index is 11.5. The summed E-state index contributed by atoms with van der Waals surface area (Å²) in [6.45, 7) is 6.60. The van der Waals surface area contributed by atoms with Gasteiger partial charge in [-0.1, -0.05) is 45.0 Å². The topological polar surface area (TPSA) is 54.6 Å². The Morgan fingerprint density at radius 1 is 1.29 bits per heavy atom. The number of carboxylic acids is 1. The van der Waals surface area contributed by atoms with Crippen molar-refractivity contribution in [2.45, 2.75) is 44.9 Å². The molecule has 5 heteroatoms. The standard InChI is InChI=1S/C19H20N2O2S/c1-19(2,3)12-6-4-11(5-7-12)14-10-21-16-13(17(22)23)8-9-15(16)24-18(21)20-14/h4-7,10,13H,8-9H2,1-3H3,(H,22,23). The van der Waals surface area contributed by atoms with Crippen molar-refractivity contribution >= 4 is 22.3 Å². The fourth-order valence-electron chi connectivity index (χ4n) is 3.38. The Bertz CT molecular complexity index is 929. The number of carboxylic acid groups (broad SMARTS) is 1. The van der Waals surface area contributed by atoms with Gasteiger partial charge < -0.3 is 5.11 Å². The molecule has 1 unspecified atom stereocenters. The number of hydrogen-bond acceptors (Lipinski definition) is 3. The molecule has 1 atom stereocenters. The second-order valence-electron chi connectivity index (χ2n) is 7.45. The van der Waals surface area contributed by atoms with Crippen molar-refractivity contribution in [2.75, 3.05) is 0 Å². The van der Waals surface area contributed by atoms with E-state index < -0.39 is 11.9 Å². The largest absolute Gasteiger partial charge is 0.481 e. The van der Waals surface area contributed by atoms with E-state index in [2.05, 4.69) is 45.0 Å². The van der Waals surface area contributed by atoms with Gasteiger partial charge in [0.15, 0.2) is 4.96 Å². The minimum absolute atomic E-state index is 0.128. The fraction of sp³-hybridized carbons (Fsp3) is 0.368. The van der Waals surface area contributed by atoms with Gasteiger partial charge in [0.05, 0.1) is 17.3 Å². The molecule has 0 amide bonds. The third-order valence-corrected chi connectivity index (χ3v) is 5.90. The molecule has 1 aliphatic carbocycles. The van der Waals surface area contributed by atoms with Crippen LogP contribution < -0.4 is 0 Å².